The van der Waals surface area contributed by atoms with Gasteiger partial charge in [-0.1, -0.05) is 25.3 Å². The molecule has 0 spiro atoms. The molecule has 0 atom stereocenters. The lowest BCUT2D eigenvalue weighted by atomic mass is 9.94. The molecule has 0 unspecified atom stereocenters. The second-order valence-corrected chi connectivity index (χ2v) is 5.90. The zero-order valence-electron chi connectivity index (χ0n) is 13.3. The number of hydrogen-bond donors (Lipinski definition) is 1. The molecule has 0 saturated heterocycles. The van der Waals surface area contributed by atoms with Gasteiger partial charge in [0.15, 0.2) is 0 Å². The Kier molecular flexibility index (Phi) is 6.07. The Hall–Kier alpha value is -1.98. The molecule has 0 bridgehead atoms. The maximum absolute atomic E-state index is 13.5. The molecular formula is C17H22F2N2O2. The van der Waals surface area contributed by atoms with Gasteiger partial charge in [-0.05, 0) is 25.0 Å². The van der Waals surface area contributed by atoms with E-state index in [1.807, 2.05) is 0 Å². The summed E-state index contributed by atoms with van der Waals surface area (Å²) in [7, 11) is 0. The lowest BCUT2D eigenvalue weighted by molar-refractivity contribution is -0.132. The van der Waals surface area contributed by atoms with E-state index in [0.717, 1.165) is 37.8 Å². The minimum Gasteiger partial charge on any atom is -0.339 e. The highest BCUT2D eigenvalue weighted by atomic mass is 19.1. The summed E-state index contributed by atoms with van der Waals surface area (Å²) >= 11 is 0. The molecule has 0 aliphatic heterocycles. The summed E-state index contributed by atoms with van der Waals surface area (Å²) in [5, 5.41) is 2.25. The van der Waals surface area contributed by atoms with E-state index >= 15 is 0 Å². The van der Waals surface area contributed by atoms with Crippen LogP contribution in [0.25, 0.3) is 0 Å². The number of carbonyl (C=O) groups excluding carboxylic acids is 2. The van der Waals surface area contributed by atoms with Crippen LogP contribution >= 0.6 is 0 Å². The molecule has 126 valence electrons. The van der Waals surface area contributed by atoms with E-state index < -0.39 is 23.2 Å². The maximum atomic E-state index is 13.5. The molecule has 23 heavy (non-hydrogen) atoms. The Labute approximate surface area is 134 Å². The number of halogens is 2. The van der Waals surface area contributed by atoms with Crippen molar-refractivity contribution in [3.63, 3.8) is 0 Å². The molecular weight excluding hydrogens is 302 g/mol. The number of nitrogens with one attached hydrogen (secondary N) is 1. The normalized spacial score (nSPS) is 15.3. The fraction of sp³-hybridized carbons (Fsp3) is 0.529. The van der Waals surface area contributed by atoms with E-state index in [4.69, 9.17) is 0 Å². The van der Waals surface area contributed by atoms with Gasteiger partial charge in [-0.2, -0.15) is 0 Å². The molecule has 1 aliphatic carbocycles. The van der Waals surface area contributed by atoms with Crippen LogP contribution in [0.3, 0.4) is 0 Å². The topological polar surface area (TPSA) is 49.4 Å². The molecule has 0 heterocycles. The third-order valence-corrected chi connectivity index (χ3v) is 4.23. The first-order valence-electron chi connectivity index (χ1n) is 8.00. The SMILES string of the molecule is CC(=O)N(CCC(=O)Nc1c(F)cccc1F)C1CCCCC1. The van der Waals surface area contributed by atoms with E-state index in [1.165, 1.54) is 19.4 Å². The third-order valence-electron chi connectivity index (χ3n) is 4.23. The molecule has 1 aliphatic rings. The Morgan fingerprint density at radius 1 is 1.17 bits per heavy atom. The second-order valence-electron chi connectivity index (χ2n) is 5.90. The largest absolute Gasteiger partial charge is 0.339 e. The lowest BCUT2D eigenvalue weighted by Crippen LogP contribution is -2.41. The summed E-state index contributed by atoms with van der Waals surface area (Å²) in [5.41, 5.74) is -0.440. The van der Waals surface area contributed by atoms with Crippen LogP contribution in [0.4, 0.5) is 14.5 Å². The Morgan fingerprint density at radius 3 is 2.35 bits per heavy atom. The highest BCUT2D eigenvalue weighted by Gasteiger charge is 2.23. The summed E-state index contributed by atoms with van der Waals surface area (Å²) in [4.78, 5) is 25.4. The maximum Gasteiger partial charge on any atom is 0.226 e. The monoisotopic (exact) mass is 324 g/mol. The van der Waals surface area contributed by atoms with Gasteiger partial charge < -0.3 is 10.2 Å². The van der Waals surface area contributed by atoms with Crippen molar-refractivity contribution in [3.8, 4) is 0 Å². The van der Waals surface area contributed by atoms with E-state index in [0.29, 0.717) is 0 Å². The first-order chi connectivity index (χ1) is 11.0. The number of para-hydroxylation sites is 1. The highest BCUT2D eigenvalue weighted by molar-refractivity contribution is 5.91. The smallest absolute Gasteiger partial charge is 0.226 e. The third kappa shape index (κ3) is 4.74. The summed E-state index contributed by atoms with van der Waals surface area (Å²) in [5.74, 6) is -2.19. The van der Waals surface area contributed by atoms with Crippen molar-refractivity contribution in [1.82, 2.24) is 4.90 Å². The molecule has 1 aromatic rings. The van der Waals surface area contributed by atoms with Crippen LogP contribution in [-0.4, -0.2) is 29.3 Å². The quantitative estimate of drug-likeness (QED) is 0.901. The second kappa shape index (κ2) is 8.04. The Morgan fingerprint density at radius 2 is 1.78 bits per heavy atom. The average Bonchev–Trinajstić information content (AvgIpc) is 2.52. The summed E-state index contributed by atoms with van der Waals surface area (Å²) in [6, 6.07) is 3.57. The number of carbonyl (C=O) groups is 2. The number of rotatable bonds is 5. The molecule has 1 fully saturated rings. The molecule has 0 aromatic heterocycles. The number of amides is 2. The van der Waals surface area contributed by atoms with Crippen molar-refractivity contribution >= 4 is 17.5 Å². The molecule has 1 aromatic carbocycles. The first-order valence-corrected chi connectivity index (χ1v) is 8.00. The molecule has 4 nitrogen and oxygen atoms in total. The fourth-order valence-corrected chi connectivity index (χ4v) is 3.03. The van der Waals surface area contributed by atoms with Gasteiger partial charge in [-0.15, -0.1) is 0 Å². The molecule has 2 amide bonds. The molecule has 6 heteroatoms. The lowest BCUT2D eigenvalue weighted by Gasteiger charge is -2.33. The van der Waals surface area contributed by atoms with Crippen molar-refractivity contribution in [2.24, 2.45) is 0 Å². The number of anilines is 1. The van der Waals surface area contributed by atoms with Gasteiger partial charge >= 0.3 is 0 Å². The van der Waals surface area contributed by atoms with Gasteiger partial charge in [0.2, 0.25) is 11.8 Å². The van der Waals surface area contributed by atoms with Crippen LogP contribution in [0.1, 0.15) is 45.4 Å². The summed E-state index contributed by atoms with van der Waals surface area (Å²) in [6.45, 7) is 1.75. The van der Waals surface area contributed by atoms with Crippen LogP contribution in [0.5, 0.6) is 0 Å². The van der Waals surface area contributed by atoms with Crippen molar-refractivity contribution in [2.75, 3.05) is 11.9 Å². The molecule has 0 radical (unpaired) electrons. The molecule has 1 saturated carbocycles. The molecule has 1 N–H and O–H groups in total. The van der Waals surface area contributed by atoms with Crippen LogP contribution in [0.15, 0.2) is 18.2 Å². The zero-order chi connectivity index (χ0) is 16.8. The van der Waals surface area contributed by atoms with Crippen molar-refractivity contribution in [2.45, 2.75) is 51.5 Å². The van der Waals surface area contributed by atoms with Crippen molar-refractivity contribution < 1.29 is 18.4 Å². The van der Waals surface area contributed by atoms with Crippen LogP contribution in [0, 0.1) is 11.6 Å². The standard InChI is InChI=1S/C17H22F2N2O2/c1-12(22)21(13-6-3-2-4-7-13)11-10-16(23)20-17-14(18)8-5-9-15(17)19/h5,8-9,13H,2-4,6-7,10-11H2,1H3,(H,20,23). The van der Waals surface area contributed by atoms with Gasteiger partial charge in [0.1, 0.15) is 17.3 Å². The van der Waals surface area contributed by atoms with Crippen LogP contribution in [-0.2, 0) is 9.59 Å². The van der Waals surface area contributed by atoms with Gasteiger partial charge in [-0.25, -0.2) is 8.78 Å². The van der Waals surface area contributed by atoms with Gasteiger partial charge in [0.05, 0.1) is 0 Å². The number of nitrogens with zero attached hydrogens (tertiary/aromatic N) is 1. The summed E-state index contributed by atoms with van der Waals surface area (Å²) < 4.78 is 27.0. The highest BCUT2D eigenvalue weighted by Crippen LogP contribution is 2.23. The summed E-state index contributed by atoms with van der Waals surface area (Å²) in [6.07, 6.45) is 5.26. The first kappa shape index (κ1) is 17.4. The minimum atomic E-state index is -0.811. The van der Waals surface area contributed by atoms with Crippen molar-refractivity contribution in [1.29, 1.82) is 0 Å². The van der Waals surface area contributed by atoms with E-state index in [1.54, 1.807) is 4.90 Å². The Bertz CT molecular complexity index is 551. The van der Waals surface area contributed by atoms with Crippen molar-refractivity contribution in [3.05, 3.63) is 29.8 Å². The van der Waals surface area contributed by atoms with E-state index in [9.17, 15) is 18.4 Å². The van der Waals surface area contributed by atoms with Gasteiger partial charge in [-0.3, -0.25) is 9.59 Å². The number of benzene rings is 1. The number of hydrogen-bond acceptors (Lipinski definition) is 2. The van der Waals surface area contributed by atoms with Gasteiger partial charge in [0.25, 0.3) is 0 Å². The molecule has 2 rings (SSSR count). The predicted octanol–water partition coefficient (Wildman–Crippen LogP) is 3.47. The minimum absolute atomic E-state index is 0.0177. The van der Waals surface area contributed by atoms with Crippen LogP contribution in [0.2, 0.25) is 0 Å². The van der Waals surface area contributed by atoms with Gasteiger partial charge in [0, 0.05) is 25.9 Å². The van der Waals surface area contributed by atoms with E-state index in [2.05, 4.69) is 5.32 Å². The van der Waals surface area contributed by atoms with E-state index in [-0.39, 0.29) is 24.9 Å². The predicted molar refractivity (Wildman–Crippen MR) is 83.9 cm³/mol. The Balaban J connectivity index is 1.92. The fourth-order valence-electron chi connectivity index (χ4n) is 3.03. The zero-order valence-corrected chi connectivity index (χ0v) is 13.3. The van der Waals surface area contributed by atoms with Crippen LogP contribution < -0.4 is 5.32 Å². The average molecular weight is 324 g/mol.